The molecule has 0 atom stereocenters. The van der Waals surface area contributed by atoms with E-state index in [0.717, 1.165) is 39.1 Å². The van der Waals surface area contributed by atoms with E-state index in [1.54, 1.807) is 13.0 Å². The summed E-state index contributed by atoms with van der Waals surface area (Å²) in [6.07, 6.45) is 0.940. The number of carbonyl (C=O) groups is 2. The average molecular weight is 357 g/mol. The van der Waals surface area contributed by atoms with Crippen LogP contribution in [0.4, 0.5) is 5.69 Å². The molecular weight excluding hydrogens is 338 g/mol. The summed E-state index contributed by atoms with van der Waals surface area (Å²) in [4.78, 5) is 46.7. The summed E-state index contributed by atoms with van der Waals surface area (Å²) < 4.78 is 0.852. The number of nitrogens with two attached hydrogens (primary N) is 1. The molecule has 0 bridgehead atoms. The molecule has 0 radical (unpaired) electrons. The standard InChI is InChI=1S/C18H19N3O5/c1-9-5-14(12(4)11(3)10(9)2)16(22)8-20-7-13(21(25)26)6-15(17(19)23)18(20)24/h5-7H,8H2,1-4H3,(H2,19,23). The van der Waals surface area contributed by atoms with Crippen LogP contribution in [0.3, 0.4) is 0 Å². The lowest BCUT2D eigenvalue weighted by molar-refractivity contribution is -0.385. The van der Waals surface area contributed by atoms with Crippen LogP contribution in [0.2, 0.25) is 0 Å². The predicted octanol–water partition coefficient (Wildman–Crippen LogP) is 1.97. The number of nitro groups is 1. The quantitative estimate of drug-likeness (QED) is 0.497. The number of hydrogen-bond acceptors (Lipinski definition) is 5. The molecule has 0 fully saturated rings. The number of primary amides is 1. The Balaban J connectivity index is 2.55. The zero-order chi connectivity index (χ0) is 19.8. The molecule has 0 saturated heterocycles. The molecule has 2 aromatic rings. The van der Waals surface area contributed by atoms with E-state index < -0.39 is 34.2 Å². The summed E-state index contributed by atoms with van der Waals surface area (Å²) in [5.74, 6) is -1.47. The molecule has 0 aliphatic carbocycles. The first-order chi connectivity index (χ1) is 12.0. The topological polar surface area (TPSA) is 125 Å². The van der Waals surface area contributed by atoms with Gasteiger partial charge in [0.05, 0.1) is 17.7 Å². The molecule has 2 rings (SSSR count). The van der Waals surface area contributed by atoms with E-state index in [1.807, 2.05) is 20.8 Å². The number of hydrogen-bond donors (Lipinski definition) is 1. The maximum Gasteiger partial charge on any atom is 0.286 e. The third-order valence-corrected chi connectivity index (χ3v) is 4.64. The lowest BCUT2D eigenvalue weighted by Crippen LogP contribution is -2.31. The first kappa shape index (κ1) is 19.0. The van der Waals surface area contributed by atoms with Crippen LogP contribution < -0.4 is 11.3 Å². The Morgan fingerprint density at radius 1 is 1.08 bits per heavy atom. The number of benzene rings is 1. The molecule has 2 N–H and O–H groups in total. The van der Waals surface area contributed by atoms with E-state index in [1.165, 1.54) is 0 Å². The van der Waals surface area contributed by atoms with Gasteiger partial charge in [0, 0.05) is 11.6 Å². The number of amides is 1. The summed E-state index contributed by atoms with van der Waals surface area (Å²) >= 11 is 0. The van der Waals surface area contributed by atoms with Crippen molar-refractivity contribution in [2.45, 2.75) is 34.2 Å². The van der Waals surface area contributed by atoms with Crippen LogP contribution in [0, 0.1) is 37.8 Å². The van der Waals surface area contributed by atoms with Gasteiger partial charge in [0.25, 0.3) is 17.2 Å². The normalized spacial score (nSPS) is 10.6. The highest BCUT2D eigenvalue weighted by Gasteiger charge is 2.20. The zero-order valence-electron chi connectivity index (χ0n) is 15.0. The zero-order valence-corrected chi connectivity index (χ0v) is 15.0. The summed E-state index contributed by atoms with van der Waals surface area (Å²) in [6, 6.07) is 2.55. The molecule has 1 amide bonds. The number of carbonyl (C=O) groups excluding carboxylic acids is 2. The van der Waals surface area contributed by atoms with E-state index in [2.05, 4.69) is 0 Å². The van der Waals surface area contributed by atoms with Crippen molar-refractivity contribution in [3.05, 3.63) is 72.2 Å². The number of rotatable bonds is 5. The molecule has 1 heterocycles. The number of Topliss-reactive ketones (excluding diaryl/α,β-unsaturated/α-hetero) is 1. The Kier molecular flexibility index (Phi) is 5.06. The van der Waals surface area contributed by atoms with Crippen LogP contribution in [0.25, 0.3) is 0 Å². The van der Waals surface area contributed by atoms with Crippen LogP contribution in [0.15, 0.2) is 23.1 Å². The van der Waals surface area contributed by atoms with E-state index in [9.17, 15) is 24.5 Å². The largest absolute Gasteiger partial charge is 0.365 e. The van der Waals surface area contributed by atoms with Crippen molar-refractivity contribution in [3.8, 4) is 0 Å². The van der Waals surface area contributed by atoms with Crippen molar-refractivity contribution < 1.29 is 14.5 Å². The fraction of sp³-hybridized carbons (Fsp3) is 0.278. The van der Waals surface area contributed by atoms with Gasteiger partial charge in [0.1, 0.15) is 5.56 Å². The lowest BCUT2D eigenvalue weighted by atomic mass is 9.92. The molecule has 0 aliphatic heterocycles. The highest BCUT2D eigenvalue weighted by atomic mass is 16.6. The predicted molar refractivity (Wildman–Crippen MR) is 95.6 cm³/mol. The molecule has 1 aromatic heterocycles. The molecule has 8 heteroatoms. The second-order valence-corrected chi connectivity index (χ2v) is 6.21. The highest BCUT2D eigenvalue weighted by molar-refractivity contribution is 5.98. The van der Waals surface area contributed by atoms with Crippen LogP contribution in [-0.4, -0.2) is 21.2 Å². The fourth-order valence-electron chi connectivity index (χ4n) is 2.76. The Morgan fingerprint density at radius 3 is 2.23 bits per heavy atom. The van der Waals surface area contributed by atoms with Crippen molar-refractivity contribution in [2.24, 2.45) is 5.73 Å². The SMILES string of the molecule is Cc1cc(C(=O)Cn2cc([N+](=O)[O-])cc(C(N)=O)c2=O)c(C)c(C)c1C. The van der Waals surface area contributed by atoms with Crippen molar-refractivity contribution in [2.75, 3.05) is 0 Å². The molecule has 1 aromatic carbocycles. The molecule has 0 saturated carbocycles. The van der Waals surface area contributed by atoms with Gasteiger partial charge in [0.2, 0.25) is 0 Å². The highest BCUT2D eigenvalue weighted by Crippen LogP contribution is 2.22. The van der Waals surface area contributed by atoms with Crippen molar-refractivity contribution >= 4 is 17.4 Å². The number of aromatic nitrogens is 1. The van der Waals surface area contributed by atoms with Crippen molar-refractivity contribution in [1.29, 1.82) is 0 Å². The smallest absolute Gasteiger partial charge is 0.286 e. The molecule has 136 valence electrons. The van der Waals surface area contributed by atoms with Crippen LogP contribution >= 0.6 is 0 Å². The third kappa shape index (κ3) is 3.39. The number of nitrogens with zero attached hydrogens (tertiary/aromatic N) is 2. The monoisotopic (exact) mass is 357 g/mol. The minimum absolute atomic E-state index is 0.383. The van der Waals surface area contributed by atoms with Gasteiger partial charge in [-0.15, -0.1) is 0 Å². The maximum absolute atomic E-state index is 12.7. The van der Waals surface area contributed by atoms with Crippen molar-refractivity contribution in [1.82, 2.24) is 4.57 Å². The van der Waals surface area contributed by atoms with Gasteiger partial charge < -0.3 is 10.3 Å². The van der Waals surface area contributed by atoms with Gasteiger partial charge in [0.15, 0.2) is 5.78 Å². The second-order valence-electron chi connectivity index (χ2n) is 6.21. The van der Waals surface area contributed by atoms with Crippen LogP contribution in [0.5, 0.6) is 0 Å². The summed E-state index contributed by atoms with van der Waals surface area (Å²) in [6.45, 7) is 7.11. The first-order valence-electron chi connectivity index (χ1n) is 7.83. The Morgan fingerprint density at radius 2 is 1.69 bits per heavy atom. The van der Waals surface area contributed by atoms with Gasteiger partial charge in [-0.2, -0.15) is 0 Å². The average Bonchev–Trinajstić information content (AvgIpc) is 2.57. The second kappa shape index (κ2) is 6.91. The first-order valence-corrected chi connectivity index (χ1v) is 7.83. The molecule has 26 heavy (non-hydrogen) atoms. The van der Waals surface area contributed by atoms with E-state index in [-0.39, 0.29) is 5.78 Å². The molecular formula is C18H19N3O5. The minimum atomic E-state index is -1.09. The van der Waals surface area contributed by atoms with Gasteiger partial charge in [-0.1, -0.05) is 0 Å². The molecule has 0 unspecified atom stereocenters. The third-order valence-electron chi connectivity index (χ3n) is 4.64. The number of aryl methyl sites for hydroxylation is 1. The Hall–Kier alpha value is -3.29. The summed E-state index contributed by atoms with van der Waals surface area (Å²) in [5, 5.41) is 11.0. The van der Waals surface area contributed by atoms with Crippen molar-refractivity contribution in [3.63, 3.8) is 0 Å². The Labute approximate surface area is 149 Å². The molecule has 8 nitrogen and oxygen atoms in total. The summed E-state index contributed by atoms with van der Waals surface area (Å²) in [7, 11) is 0. The molecule has 0 aliphatic rings. The van der Waals surface area contributed by atoms with E-state index >= 15 is 0 Å². The maximum atomic E-state index is 12.7. The van der Waals surface area contributed by atoms with Crippen LogP contribution in [0.1, 0.15) is 43.0 Å². The Bertz CT molecular complexity index is 1000. The van der Waals surface area contributed by atoms with Gasteiger partial charge in [-0.3, -0.25) is 24.5 Å². The van der Waals surface area contributed by atoms with Gasteiger partial charge >= 0.3 is 0 Å². The minimum Gasteiger partial charge on any atom is -0.365 e. The summed E-state index contributed by atoms with van der Waals surface area (Å²) in [5.41, 5.74) is 7.45. The van der Waals surface area contributed by atoms with Crippen LogP contribution in [-0.2, 0) is 6.54 Å². The van der Waals surface area contributed by atoms with Gasteiger partial charge in [-0.05, 0) is 56.0 Å². The number of pyridine rings is 1. The van der Waals surface area contributed by atoms with Gasteiger partial charge in [-0.25, -0.2) is 0 Å². The number of ketones is 1. The lowest BCUT2D eigenvalue weighted by Gasteiger charge is -2.14. The molecule has 0 spiro atoms. The van der Waals surface area contributed by atoms with E-state index in [4.69, 9.17) is 5.73 Å². The fourth-order valence-corrected chi connectivity index (χ4v) is 2.76. The van der Waals surface area contributed by atoms with E-state index in [0.29, 0.717) is 5.56 Å².